The molecule has 0 radical (unpaired) electrons. The highest BCUT2D eigenvalue weighted by molar-refractivity contribution is 5.87. The number of carbonyl (C=O) groups is 2. The molecule has 1 aromatic heterocycles. The molecule has 0 unspecified atom stereocenters. The van der Waals surface area contributed by atoms with Gasteiger partial charge in [0.15, 0.2) is 0 Å². The number of hydrogen-bond acceptors (Lipinski definition) is 3. The van der Waals surface area contributed by atoms with Crippen molar-refractivity contribution in [2.45, 2.75) is 20.4 Å². The van der Waals surface area contributed by atoms with Gasteiger partial charge in [0.25, 0.3) is 0 Å². The van der Waals surface area contributed by atoms with Gasteiger partial charge in [-0.25, -0.2) is 4.79 Å². The van der Waals surface area contributed by atoms with Crippen LogP contribution in [0.25, 0.3) is 0 Å². The topological polar surface area (TPSA) is 79.3 Å². The zero-order valence-electron chi connectivity index (χ0n) is 9.23. The smallest absolute Gasteiger partial charge is 0.337 e. The van der Waals surface area contributed by atoms with Crippen molar-refractivity contribution in [3.63, 3.8) is 0 Å². The molecule has 1 heterocycles. The molecule has 0 aliphatic rings. The molecule has 16 heavy (non-hydrogen) atoms. The van der Waals surface area contributed by atoms with Crippen LogP contribution in [0.5, 0.6) is 0 Å². The van der Waals surface area contributed by atoms with Crippen LogP contribution in [0, 0.1) is 5.92 Å². The maximum Gasteiger partial charge on any atom is 0.337 e. The molecule has 0 aliphatic carbocycles. The summed E-state index contributed by atoms with van der Waals surface area (Å²) in [4.78, 5) is 25.8. The number of rotatable bonds is 4. The second kappa shape index (κ2) is 5.25. The molecular weight excluding hydrogens is 208 g/mol. The Morgan fingerprint density at radius 3 is 2.69 bits per heavy atom. The molecule has 86 valence electrons. The second-order valence-corrected chi connectivity index (χ2v) is 3.76. The van der Waals surface area contributed by atoms with Crippen molar-refractivity contribution in [2.24, 2.45) is 5.92 Å². The first-order valence-corrected chi connectivity index (χ1v) is 4.95. The predicted octanol–water partition coefficient (Wildman–Crippen LogP) is 1.05. The van der Waals surface area contributed by atoms with Crippen molar-refractivity contribution in [3.05, 3.63) is 29.6 Å². The van der Waals surface area contributed by atoms with E-state index in [9.17, 15) is 9.59 Å². The largest absolute Gasteiger partial charge is 0.478 e. The van der Waals surface area contributed by atoms with E-state index >= 15 is 0 Å². The van der Waals surface area contributed by atoms with E-state index in [1.807, 2.05) is 0 Å². The van der Waals surface area contributed by atoms with Gasteiger partial charge in [-0.1, -0.05) is 13.8 Å². The zero-order chi connectivity index (χ0) is 12.1. The van der Waals surface area contributed by atoms with Crippen LogP contribution >= 0.6 is 0 Å². The Morgan fingerprint density at radius 1 is 1.44 bits per heavy atom. The van der Waals surface area contributed by atoms with Crippen molar-refractivity contribution in [1.82, 2.24) is 10.3 Å². The molecule has 0 fully saturated rings. The number of carboxylic acids is 1. The number of carboxylic acid groups (broad SMARTS) is 1. The number of carbonyl (C=O) groups excluding carboxylic acids is 1. The Labute approximate surface area is 93.5 Å². The molecule has 0 saturated heterocycles. The summed E-state index contributed by atoms with van der Waals surface area (Å²) < 4.78 is 0. The van der Waals surface area contributed by atoms with E-state index in [0.717, 1.165) is 0 Å². The molecule has 2 N–H and O–H groups in total. The lowest BCUT2D eigenvalue weighted by molar-refractivity contribution is -0.124. The molecule has 0 aromatic carbocycles. The van der Waals surface area contributed by atoms with Crippen molar-refractivity contribution in [2.75, 3.05) is 0 Å². The van der Waals surface area contributed by atoms with Gasteiger partial charge in [0.05, 0.1) is 5.56 Å². The Morgan fingerprint density at radius 2 is 2.12 bits per heavy atom. The van der Waals surface area contributed by atoms with Gasteiger partial charge in [-0.15, -0.1) is 0 Å². The minimum Gasteiger partial charge on any atom is -0.478 e. The fourth-order valence-corrected chi connectivity index (χ4v) is 1.09. The highest BCUT2D eigenvalue weighted by atomic mass is 16.4. The number of amides is 1. The number of nitrogens with zero attached hydrogens (tertiary/aromatic N) is 1. The summed E-state index contributed by atoms with van der Waals surface area (Å²) in [5.41, 5.74) is 0.796. The van der Waals surface area contributed by atoms with Crippen LogP contribution in [0.2, 0.25) is 0 Å². The lowest BCUT2D eigenvalue weighted by Crippen LogP contribution is -2.27. The van der Waals surface area contributed by atoms with Crippen LogP contribution in [0.1, 0.15) is 29.8 Å². The lowest BCUT2D eigenvalue weighted by atomic mass is 10.2. The van der Waals surface area contributed by atoms with Gasteiger partial charge < -0.3 is 10.4 Å². The van der Waals surface area contributed by atoms with Crippen LogP contribution in [0.15, 0.2) is 18.5 Å². The molecule has 0 bridgehead atoms. The van der Waals surface area contributed by atoms with E-state index in [1.54, 1.807) is 13.8 Å². The first-order chi connectivity index (χ1) is 7.50. The maximum absolute atomic E-state index is 11.3. The Bertz CT molecular complexity index is 402. The number of pyridine rings is 1. The van der Waals surface area contributed by atoms with Crippen molar-refractivity contribution in [1.29, 1.82) is 0 Å². The summed E-state index contributed by atoms with van der Waals surface area (Å²) in [5, 5.41) is 11.4. The van der Waals surface area contributed by atoms with Crippen LogP contribution in [0.3, 0.4) is 0 Å². The summed E-state index contributed by atoms with van der Waals surface area (Å²) >= 11 is 0. The molecule has 0 atom stereocenters. The molecule has 0 spiro atoms. The third-order valence-electron chi connectivity index (χ3n) is 2.03. The Balaban J connectivity index is 2.64. The summed E-state index contributed by atoms with van der Waals surface area (Å²) in [5.74, 6) is -1.18. The fourth-order valence-electron chi connectivity index (χ4n) is 1.09. The average molecular weight is 222 g/mol. The Kier molecular flexibility index (Phi) is 3.99. The molecule has 0 saturated carbocycles. The van der Waals surface area contributed by atoms with Crippen LogP contribution in [-0.4, -0.2) is 22.0 Å². The summed E-state index contributed by atoms with van der Waals surface area (Å²) in [6, 6.07) is 1.50. The van der Waals surface area contributed by atoms with E-state index in [0.29, 0.717) is 12.1 Å². The van der Waals surface area contributed by atoms with Gasteiger partial charge >= 0.3 is 5.97 Å². The average Bonchev–Trinajstić information content (AvgIpc) is 2.26. The standard InChI is InChI=1S/C11H14N2O3/c1-7(2)10(14)13-5-8-3-9(11(15)16)6-12-4-8/h3-4,6-7H,5H2,1-2H3,(H,13,14)(H,15,16). The molecule has 0 aliphatic heterocycles. The third-order valence-corrected chi connectivity index (χ3v) is 2.03. The van der Waals surface area contributed by atoms with Gasteiger partial charge in [-0.2, -0.15) is 0 Å². The number of aromatic carboxylic acids is 1. The molecule has 1 aromatic rings. The molecule has 5 heteroatoms. The van der Waals surface area contributed by atoms with Gasteiger partial charge in [-0.3, -0.25) is 9.78 Å². The van der Waals surface area contributed by atoms with Crippen LogP contribution in [-0.2, 0) is 11.3 Å². The van der Waals surface area contributed by atoms with E-state index in [1.165, 1.54) is 18.5 Å². The molecule has 1 rings (SSSR count). The van der Waals surface area contributed by atoms with E-state index in [4.69, 9.17) is 5.11 Å². The normalized spacial score (nSPS) is 10.2. The van der Waals surface area contributed by atoms with Gasteiger partial charge in [0.2, 0.25) is 5.91 Å². The zero-order valence-corrected chi connectivity index (χ0v) is 9.23. The summed E-state index contributed by atoms with van der Waals surface area (Å²) in [6.45, 7) is 3.88. The summed E-state index contributed by atoms with van der Waals surface area (Å²) in [6.07, 6.45) is 2.81. The van der Waals surface area contributed by atoms with Crippen molar-refractivity contribution < 1.29 is 14.7 Å². The first kappa shape index (κ1) is 12.2. The number of aromatic nitrogens is 1. The van der Waals surface area contributed by atoms with Crippen LogP contribution < -0.4 is 5.32 Å². The van der Waals surface area contributed by atoms with E-state index < -0.39 is 5.97 Å². The molecular formula is C11H14N2O3. The maximum atomic E-state index is 11.3. The molecule has 1 amide bonds. The Hall–Kier alpha value is -1.91. The van der Waals surface area contributed by atoms with Gasteiger partial charge in [-0.05, 0) is 11.6 Å². The van der Waals surface area contributed by atoms with E-state index in [-0.39, 0.29) is 17.4 Å². The third kappa shape index (κ3) is 3.34. The highest BCUT2D eigenvalue weighted by Crippen LogP contribution is 2.03. The van der Waals surface area contributed by atoms with Gasteiger partial charge in [0.1, 0.15) is 0 Å². The lowest BCUT2D eigenvalue weighted by Gasteiger charge is -2.07. The minimum atomic E-state index is -1.02. The second-order valence-electron chi connectivity index (χ2n) is 3.76. The first-order valence-electron chi connectivity index (χ1n) is 4.95. The number of hydrogen-bond donors (Lipinski definition) is 2. The minimum absolute atomic E-state index is 0.0688. The quantitative estimate of drug-likeness (QED) is 0.798. The van der Waals surface area contributed by atoms with Gasteiger partial charge in [0, 0.05) is 24.9 Å². The fraction of sp³-hybridized carbons (Fsp3) is 0.364. The van der Waals surface area contributed by atoms with Crippen molar-refractivity contribution in [3.8, 4) is 0 Å². The molecule has 5 nitrogen and oxygen atoms in total. The van der Waals surface area contributed by atoms with E-state index in [2.05, 4.69) is 10.3 Å². The highest BCUT2D eigenvalue weighted by Gasteiger charge is 2.07. The predicted molar refractivity (Wildman–Crippen MR) is 57.9 cm³/mol. The SMILES string of the molecule is CC(C)C(=O)NCc1cncc(C(=O)O)c1. The van der Waals surface area contributed by atoms with Crippen LogP contribution in [0.4, 0.5) is 0 Å². The number of nitrogens with one attached hydrogen (secondary N) is 1. The van der Waals surface area contributed by atoms with Crippen molar-refractivity contribution >= 4 is 11.9 Å². The summed E-state index contributed by atoms with van der Waals surface area (Å²) in [7, 11) is 0. The monoisotopic (exact) mass is 222 g/mol.